The van der Waals surface area contributed by atoms with Crippen molar-refractivity contribution in [1.82, 2.24) is 10.6 Å². The molecule has 3 spiro atoms. The molecule has 1 aromatic heterocycles. The van der Waals surface area contributed by atoms with E-state index in [2.05, 4.69) is 17.6 Å². The van der Waals surface area contributed by atoms with Crippen molar-refractivity contribution in [3.63, 3.8) is 0 Å². The molecular weight excluding hydrogens is 664 g/mol. The number of nitrogens with one attached hydrogen (secondary N) is 2. The summed E-state index contributed by atoms with van der Waals surface area (Å²) in [4.78, 5) is 43.1. The lowest BCUT2D eigenvalue weighted by Crippen LogP contribution is -2.77. The van der Waals surface area contributed by atoms with E-state index in [1.807, 2.05) is 26.8 Å². The van der Waals surface area contributed by atoms with Gasteiger partial charge >= 0.3 is 11.9 Å². The molecule has 6 heterocycles. The fourth-order valence-electron chi connectivity index (χ4n) is 15.1. The largest absolute Gasteiger partial charge is 0.469 e. The number of hydrogen-bond donors (Lipinski definition) is 3. The van der Waals surface area contributed by atoms with Crippen molar-refractivity contribution in [2.24, 2.45) is 45.3 Å². The summed E-state index contributed by atoms with van der Waals surface area (Å²) in [5, 5.41) is 19.5. The monoisotopic (exact) mass is 720 g/mol. The number of furan rings is 1. The van der Waals surface area contributed by atoms with Crippen LogP contribution in [0, 0.1) is 45.3 Å². The third kappa shape index (κ3) is 4.03. The van der Waals surface area contributed by atoms with E-state index in [4.69, 9.17) is 23.4 Å². The molecule has 9 fully saturated rings. The van der Waals surface area contributed by atoms with Crippen LogP contribution < -0.4 is 10.6 Å². The average Bonchev–Trinajstić information content (AvgIpc) is 3.51. The smallest absolute Gasteiger partial charge is 0.339 e. The summed E-state index contributed by atoms with van der Waals surface area (Å²) in [6.45, 7) is 10.1. The number of hydrogen-bond acceptors (Lipinski definition) is 11. The van der Waals surface area contributed by atoms with Crippen LogP contribution in [0.3, 0.4) is 0 Å². The Kier molecular flexibility index (Phi) is 7.33. The number of cyclic esters (lactones) is 2. The van der Waals surface area contributed by atoms with E-state index in [-0.39, 0.29) is 35.6 Å². The number of unbranched alkanes of at least 4 members (excludes halogenated alkanes) is 3. The van der Waals surface area contributed by atoms with Crippen LogP contribution in [0.2, 0.25) is 0 Å². The second-order valence-electron chi connectivity index (χ2n) is 19.3. The number of ether oxygens (including phenoxy) is 4. The van der Waals surface area contributed by atoms with Gasteiger partial charge in [0.05, 0.1) is 29.8 Å². The van der Waals surface area contributed by atoms with Crippen LogP contribution in [0.1, 0.15) is 116 Å². The second-order valence-corrected chi connectivity index (χ2v) is 19.3. The minimum atomic E-state index is -1.39. The van der Waals surface area contributed by atoms with Crippen LogP contribution in [0.4, 0.5) is 0 Å². The lowest BCUT2D eigenvalue weighted by Gasteiger charge is -2.68. The maximum absolute atomic E-state index is 14.9. The molecule has 0 radical (unpaired) electrons. The van der Waals surface area contributed by atoms with E-state index >= 15 is 0 Å². The van der Waals surface area contributed by atoms with E-state index in [0.29, 0.717) is 12.5 Å². The van der Waals surface area contributed by atoms with Crippen molar-refractivity contribution in [3.05, 3.63) is 23.7 Å². The first-order valence-electron chi connectivity index (χ1n) is 20.3. The SMILES string of the molecule is CC1(C)OC2C3C(=O)OCC24C1C(=O)C(O)C1(C)C4C(CC32CCCC2)CC2(C)C(c3ccoc3CCCCCCC3CNCN3)OC(=O)C3OC321. The predicted octanol–water partition coefficient (Wildman–Crippen LogP) is 4.54. The highest BCUT2D eigenvalue weighted by Gasteiger charge is 2.93. The van der Waals surface area contributed by atoms with Crippen LogP contribution in [0.5, 0.6) is 0 Å². The van der Waals surface area contributed by atoms with Gasteiger partial charge in [0.15, 0.2) is 11.9 Å². The first-order chi connectivity index (χ1) is 24.9. The molecule has 284 valence electrons. The molecule has 4 saturated carbocycles. The molecule has 13 atom stereocenters. The van der Waals surface area contributed by atoms with Crippen molar-refractivity contribution in [2.75, 3.05) is 19.8 Å². The van der Waals surface area contributed by atoms with Crippen molar-refractivity contribution in [1.29, 1.82) is 0 Å². The average molecular weight is 721 g/mol. The molecule has 0 aromatic carbocycles. The number of carbonyl (C=O) groups is 3. The second kappa shape index (κ2) is 11.1. The summed E-state index contributed by atoms with van der Waals surface area (Å²) in [6.07, 6.45) is 9.86. The maximum Gasteiger partial charge on any atom is 0.339 e. The highest BCUT2D eigenvalue weighted by Crippen LogP contribution is 2.83. The van der Waals surface area contributed by atoms with Gasteiger partial charge in [-0.25, -0.2) is 4.79 Å². The molecule has 11 nitrogen and oxygen atoms in total. The van der Waals surface area contributed by atoms with E-state index in [0.717, 1.165) is 82.3 Å². The summed E-state index contributed by atoms with van der Waals surface area (Å²) >= 11 is 0. The molecule has 4 aliphatic carbocycles. The first kappa shape index (κ1) is 34.2. The highest BCUT2D eigenvalue weighted by atomic mass is 16.7. The van der Waals surface area contributed by atoms with Crippen LogP contribution >= 0.6 is 0 Å². The number of aliphatic hydroxyl groups is 1. The number of Topliss-reactive ketones (excluding diaryl/α,β-unsaturated/α-hetero) is 1. The van der Waals surface area contributed by atoms with Gasteiger partial charge in [-0.05, 0) is 75.7 Å². The summed E-state index contributed by atoms with van der Waals surface area (Å²) in [7, 11) is 0. The first-order valence-corrected chi connectivity index (χ1v) is 20.3. The van der Waals surface area contributed by atoms with Gasteiger partial charge in [0.25, 0.3) is 0 Å². The normalized spacial score (nSPS) is 48.8. The molecule has 13 unspecified atom stereocenters. The standard InChI is InChI=1S/C41H56N2O9/c1-36(2)29-27(44)30(45)38(4)28-22(18-39(14-9-10-15-39)26-32(51-36)40(28,29)20-49-34(26)46)17-37(3)31(50-35(47)33-41(37,38)52-33)24-13-16-48-25(24)12-8-6-5-7-11-23-19-42-21-43-23/h13,16,22-23,26,28-33,42-43,45H,5-12,14-15,17-21H2,1-4H3. The molecule has 1 aromatic rings. The number of esters is 2. The van der Waals surface area contributed by atoms with Gasteiger partial charge in [0.1, 0.15) is 30.2 Å². The van der Waals surface area contributed by atoms with Crippen LogP contribution in [0.15, 0.2) is 16.7 Å². The molecule has 2 bridgehead atoms. The Balaban J connectivity index is 1.05. The van der Waals surface area contributed by atoms with Gasteiger partial charge in [-0.15, -0.1) is 0 Å². The maximum atomic E-state index is 14.9. The zero-order valence-electron chi connectivity index (χ0n) is 31.2. The number of aliphatic hydroxyl groups excluding tert-OH is 1. The Morgan fingerprint density at radius 2 is 1.73 bits per heavy atom. The Hall–Kier alpha value is -2.31. The van der Waals surface area contributed by atoms with Gasteiger partial charge in [-0.1, -0.05) is 46.0 Å². The zero-order valence-corrected chi connectivity index (χ0v) is 31.2. The van der Waals surface area contributed by atoms with Gasteiger partial charge < -0.3 is 39.1 Å². The van der Waals surface area contributed by atoms with E-state index in [9.17, 15) is 19.5 Å². The summed E-state index contributed by atoms with van der Waals surface area (Å²) in [5.41, 5.74) is -4.29. The zero-order chi connectivity index (χ0) is 36.1. The Morgan fingerprint density at radius 3 is 2.50 bits per heavy atom. The molecule has 9 aliphatic rings. The molecule has 0 amide bonds. The molecular formula is C41H56N2O9. The topological polar surface area (TPSA) is 149 Å². The third-order valence-electron chi connectivity index (χ3n) is 16.6. The highest BCUT2D eigenvalue weighted by molar-refractivity contribution is 5.92. The van der Waals surface area contributed by atoms with E-state index in [1.165, 1.54) is 12.8 Å². The van der Waals surface area contributed by atoms with E-state index in [1.54, 1.807) is 6.26 Å². The molecule has 5 aliphatic heterocycles. The number of rotatable bonds is 8. The number of aryl methyl sites for hydroxylation is 1. The van der Waals surface area contributed by atoms with E-state index < -0.39 is 69.7 Å². The van der Waals surface area contributed by atoms with Gasteiger partial charge in [0.2, 0.25) is 0 Å². The number of epoxide rings is 1. The number of ketones is 1. The van der Waals surface area contributed by atoms with Crippen molar-refractivity contribution in [2.45, 2.75) is 146 Å². The minimum Gasteiger partial charge on any atom is -0.469 e. The lowest BCUT2D eigenvalue weighted by molar-refractivity contribution is -0.266. The van der Waals surface area contributed by atoms with Crippen LogP contribution in [-0.4, -0.2) is 78.2 Å². The van der Waals surface area contributed by atoms with Crippen molar-refractivity contribution >= 4 is 17.7 Å². The Labute approximate surface area is 306 Å². The fourth-order valence-corrected chi connectivity index (χ4v) is 15.1. The molecule has 3 N–H and O–H groups in total. The van der Waals surface area contributed by atoms with Gasteiger partial charge in [-0.3, -0.25) is 9.59 Å². The fraction of sp³-hybridized carbons (Fsp3) is 0.829. The number of fused-ring (bicyclic) bond motifs is 1. The lowest BCUT2D eigenvalue weighted by atomic mass is 9.34. The third-order valence-corrected chi connectivity index (χ3v) is 16.6. The Bertz CT molecular complexity index is 1680. The minimum absolute atomic E-state index is 0.00698. The molecule has 5 saturated heterocycles. The molecule has 10 rings (SSSR count). The van der Waals surface area contributed by atoms with Gasteiger partial charge in [0, 0.05) is 47.5 Å². The Morgan fingerprint density at radius 1 is 0.942 bits per heavy atom. The van der Waals surface area contributed by atoms with Crippen molar-refractivity contribution < 1.29 is 42.9 Å². The molecule has 52 heavy (non-hydrogen) atoms. The van der Waals surface area contributed by atoms with Crippen LogP contribution in [0.25, 0.3) is 0 Å². The quantitative estimate of drug-likeness (QED) is 0.198. The summed E-state index contributed by atoms with van der Waals surface area (Å²) < 4.78 is 32.6. The predicted molar refractivity (Wildman–Crippen MR) is 185 cm³/mol. The summed E-state index contributed by atoms with van der Waals surface area (Å²) in [6, 6.07) is 2.51. The molecule has 11 heteroatoms. The van der Waals surface area contributed by atoms with Crippen molar-refractivity contribution in [3.8, 4) is 0 Å². The summed E-state index contributed by atoms with van der Waals surface area (Å²) in [5.74, 6) is -1.50. The van der Waals surface area contributed by atoms with Crippen LogP contribution in [-0.2, 0) is 39.8 Å². The number of carbonyl (C=O) groups excluding carboxylic acids is 3. The van der Waals surface area contributed by atoms with Gasteiger partial charge in [-0.2, -0.15) is 0 Å².